The number of piperidine rings is 1. The molecule has 3 aromatic carbocycles. The van der Waals surface area contributed by atoms with E-state index in [1.165, 1.54) is 5.56 Å². The molecule has 4 rings (SSSR count). The fraction of sp³-hybridized carbons (Fsp3) is 0.308. The first-order chi connectivity index (χ1) is 15.2. The molecule has 31 heavy (non-hydrogen) atoms. The molecule has 162 valence electrons. The third-order valence-corrected chi connectivity index (χ3v) is 6.23. The Morgan fingerprint density at radius 2 is 1.55 bits per heavy atom. The molecule has 0 bridgehead atoms. The van der Waals surface area contributed by atoms with Gasteiger partial charge in [-0.2, -0.15) is 0 Å². The number of likely N-dealkylation sites (tertiary alicyclic amines) is 1. The van der Waals surface area contributed by atoms with Gasteiger partial charge in [0.2, 0.25) is 0 Å². The average Bonchev–Trinajstić information content (AvgIpc) is 2.80. The van der Waals surface area contributed by atoms with Gasteiger partial charge in [0.1, 0.15) is 12.4 Å². The number of nitrogens with zero attached hydrogens (tertiary/aromatic N) is 1. The van der Waals surface area contributed by atoms with Gasteiger partial charge in [-0.15, -0.1) is 0 Å². The molecule has 1 fully saturated rings. The molecular formula is C26H28Cl2N2O. The zero-order chi connectivity index (χ0) is 21.5. The first-order valence-corrected chi connectivity index (χ1v) is 11.6. The second-order valence-electron chi connectivity index (χ2n) is 8.08. The maximum Gasteiger partial charge on any atom is 0.124 e. The van der Waals surface area contributed by atoms with Gasteiger partial charge in [-0.1, -0.05) is 65.7 Å². The Kier molecular flexibility index (Phi) is 7.87. The smallest absolute Gasteiger partial charge is 0.124 e. The van der Waals surface area contributed by atoms with Crippen molar-refractivity contribution in [1.82, 2.24) is 10.2 Å². The van der Waals surface area contributed by atoms with E-state index >= 15 is 0 Å². The van der Waals surface area contributed by atoms with Crippen LogP contribution < -0.4 is 10.1 Å². The van der Waals surface area contributed by atoms with Crippen LogP contribution in [0.1, 0.15) is 29.5 Å². The lowest BCUT2D eigenvalue weighted by Crippen LogP contribution is -2.41. The van der Waals surface area contributed by atoms with Crippen LogP contribution in [-0.4, -0.2) is 24.0 Å². The van der Waals surface area contributed by atoms with E-state index in [9.17, 15) is 0 Å². The van der Waals surface area contributed by atoms with Crippen molar-refractivity contribution in [3.8, 4) is 5.75 Å². The Labute approximate surface area is 194 Å². The maximum atomic E-state index is 6.26. The second kappa shape index (κ2) is 11.0. The number of nitrogens with one attached hydrogen (secondary N) is 1. The summed E-state index contributed by atoms with van der Waals surface area (Å²) in [6, 6.07) is 24.8. The highest BCUT2D eigenvalue weighted by atomic mass is 35.5. The molecule has 0 aromatic heterocycles. The molecule has 0 spiro atoms. The highest BCUT2D eigenvalue weighted by Gasteiger charge is 2.19. The van der Waals surface area contributed by atoms with Gasteiger partial charge in [0, 0.05) is 34.7 Å². The van der Waals surface area contributed by atoms with E-state index in [1.54, 1.807) is 0 Å². The predicted molar refractivity (Wildman–Crippen MR) is 129 cm³/mol. The van der Waals surface area contributed by atoms with Crippen molar-refractivity contribution < 1.29 is 4.74 Å². The molecule has 3 aromatic rings. The minimum Gasteiger partial charge on any atom is -0.489 e. The fourth-order valence-electron chi connectivity index (χ4n) is 3.96. The molecule has 1 heterocycles. The quantitative estimate of drug-likeness (QED) is 0.430. The topological polar surface area (TPSA) is 24.5 Å². The molecule has 0 aliphatic carbocycles. The van der Waals surface area contributed by atoms with Gasteiger partial charge in [-0.3, -0.25) is 4.90 Å². The van der Waals surface area contributed by atoms with Crippen molar-refractivity contribution in [3.05, 3.63) is 99.5 Å². The SMILES string of the molecule is Clc1ccc(COc2ccc(Cl)cc2CNC2CCN(Cc3ccccc3)CC2)cc1. The Morgan fingerprint density at radius 1 is 0.839 bits per heavy atom. The number of rotatable bonds is 8. The van der Waals surface area contributed by atoms with Crippen LogP contribution in [0.4, 0.5) is 0 Å². The van der Waals surface area contributed by atoms with Crippen molar-refractivity contribution in [3.63, 3.8) is 0 Å². The third-order valence-electron chi connectivity index (χ3n) is 5.75. The van der Waals surface area contributed by atoms with E-state index in [0.29, 0.717) is 12.6 Å². The number of benzene rings is 3. The van der Waals surface area contributed by atoms with Crippen LogP contribution in [-0.2, 0) is 19.7 Å². The maximum absolute atomic E-state index is 6.26. The summed E-state index contributed by atoms with van der Waals surface area (Å²) in [6.07, 6.45) is 2.29. The summed E-state index contributed by atoms with van der Waals surface area (Å²) in [6.45, 7) is 4.51. The van der Waals surface area contributed by atoms with Gasteiger partial charge in [0.05, 0.1) is 0 Å². The van der Waals surface area contributed by atoms with Crippen LogP contribution in [0, 0.1) is 0 Å². The zero-order valence-electron chi connectivity index (χ0n) is 17.6. The number of halogens is 2. The summed E-state index contributed by atoms with van der Waals surface area (Å²) in [5.74, 6) is 0.869. The summed E-state index contributed by atoms with van der Waals surface area (Å²) in [7, 11) is 0. The Morgan fingerprint density at radius 3 is 2.29 bits per heavy atom. The molecule has 5 heteroatoms. The van der Waals surface area contributed by atoms with E-state index in [1.807, 2.05) is 42.5 Å². The summed E-state index contributed by atoms with van der Waals surface area (Å²) in [4.78, 5) is 2.54. The molecular weight excluding hydrogens is 427 g/mol. The number of hydrogen-bond acceptors (Lipinski definition) is 3. The van der Waals surface area contributed by atoms with Crippen LogP contribution in [0.3, 0.4) is 0 Å². The zero-order valence-corrected chi connectivity index (χ0v) is 19.1. The van der Waals surface area contributed by atoms with Crippen molar-refractivity contribution in [2.45, 2.75) is 38.6 Å². The lowest BCUT2D eigenvalue weighted by atomic mass is 10.0. The highest BCUT2D eigenvalue weighted by Crippen LogP contribution is 2.25. The molecule has 1 saturated heterocycles. The molecule has 1 aliphatic heterocycles. The first-order valence-electron chi connectivity index (χ1n) is 10.8. The first kappa shape index (κ1) is 22.2. The minimum absolute atomic E-state index is 0.504. The monoisotopic (exact) mass is 454 g/mol. The minimum atomic E-state index is 0.504. The predicted octanol–water partition coefficient (Wildman–Crippen LogP) is 6.33. The summed E-state index contributed by atoms with van der Waals surface area (Å²) >= 11 is 12.2. The molecule has 0 unspecified atom stereocenters. The summed E-state index contributed by atoms with van der Waals surface area (Å²) in [5, 5.41) is 5.17. The average molecular weight is 455 g/mol. The van der Waals surface area contributed by atoms with Crippen LogP contribution >= 0.6 is 23.2 Å². The lowest BCUT2D eigenvalue weighted by molar-refractivity contribution is 0.189. The van der Waals surface area contributed by atoms with Gasteiger partial charge in [-0.25, -0.2) is 0 Å². The fourth-order valence-corrected chi connectivity index (χ4v) is 4.28. The van der Waals surface area contributed by atoms with Crippen molar-refractivity contribution in [2.75, 3.05) is 13.1 Å². The van der Waals surface area contributed by atoms with E-state index in [-0.39, 0.29) is 0 Å². The molecule has 1 N–H and O–H groups in total. The van der Waals surface area contributed by atoms with Crippen LogP contribution in [0.15, 0.2) is 72.8 Å². The van der Waals surface area contributed by atoms with Crippen molar-refractivity contribution >= 4 is 23.2 Å². The van der Waals surface area contributed by atoms with Gasteiger partial charge >= 0.3 is 0 Å². The van der Waals surface area contributed by atoms with Crippen LogP contribution in [0.5, 0.6) is 5.75 Å². The van der Waals surface area contributed by atoms with E-state index in [0.717, 1.165) is 65.9 Å². The van der Waals surface area contributed by atoms with Crippen molar-refractivity contribution in [1.29, 1.82) is 0 Å². The molecule has 0 amide bonds. The second-order valence-corrected chi connectivity index (χ2v) is 8.96. The number of ether oxygens (including phenoxy) is 1. The lowest BCUT2D eigenvalue weighted by Gasteiger charge is -2.32. The Bertz CT molecular complexity index is 955. The third kappa shape index (κ3) is 6.72. The van der Waals surface area contributed by atoms with Crippen molar-refractivity contribution in [2.24, 2.45) is 0 Å². The van der Waals surface area contributed by atoms with Crippen LogP contribution in [0.25, 0.3) is 0 Å². The van der Waals surface area contributed by atoms with Gasteiger partial charge in [-0.05, 0) is 67.4 Å². The Balaban J connectivity index is 1.28. The van der Waals surface area contributed by atoms with Gasteiger partial charge in [0.25, 0.3) is 0 Å². The number of hydrogen-bond donors (Lipinski definition) is 1. The van der Waals surface area contributed by atoms with E-state index < -0.39 is 0 Å². The van der Waals surface area contributed by atoms with Gasteiger partial charge < -0.3 is 10.1 Å². The van der Waals surface area contributed by atoms with Crippen LogP contribution in [0.2, 0.25) is 10.0 Å². The molecule has 0 saturated carbocycles. The molecule has 1 aliphatic rings. The largest absolute Gasteiger partial charge is 0.489 e. The normalized spacial score (nSPS) is 15.2. The standard InChI is InChI=1S/C26H28Cl2N2O/c27-23-8-6-21(7-9-23)19-31-26-11-10-24(28)16-22(26)17-29-25-12-14-30(15-13-25)18-20-4-2-1-3-5-20/h1-11,16,25,29H,12-15,17-19H2. The van der Waals surface area contributed by atoms with E-state index in [4.69, 9.17) is 27.9 Å². The Hall–Kier alpha value is -2.04. The van der Waals surface area contributed by atoms with Gasteiger partial charge in [0.15, 0.2) is 0 Å². The highest BCUT2D eigenvalue weighted by molar-refractivity contribution is 6.30. The summed E-state index contributed by atoms with van der Waals surface area (Å²) in [5.41, 5.74) is 3.56. The van der Waals surface area contributed by atoms with E-state index in [2.05, 4.69) is 40.5 Å². The molecule has 3 nitrogen and oxygen atoms in total. The summed E-state index contributed by atoms with van der Waals surface area (Å²) < 4.78 is 6.09. The molecule has 0 atom stereocenters. The molecule has 0 radical (unpaired) electrons.